The molecule has 6 nitrogen and oxygen atoms in total. The molecule has 1 aromatic heterocycles. The molecule has 7 heteroatoms. The van der Waals surface area contributed by atoms with Crippen LogP contribution in [0.2, 0.25) is 0 Å². The summed E-state index contributed by atoms with van der Waals surface area (Å²) in [6.07, 6.45) is 0. The van der Waals surface area contributed by atoms with Crippen molar-refractivity contribution in [3.8, 4) is 5.88 Å². The van der Waals surface area contributed by atoms with Crippen molar-refractivity contribution in [3.05, 3.63) is 20.7 Å². The number of pyridine rings is 1. The maximum Gasteiger partial charge on any atom is 0.312 e. The van der Waals surface area contributed by atoms with Gasteiger partial charge in [-0.1, -0.05) is 13.8 Å². The number of anilines is 1. The van der Waals surface area contributed by atoms with E-state index in [4.69, 9.17) is 10.5 Å². The van der Waals surface area contributed by atoms with E-state index in [1.54, 1.807) is 0 Å². The van der Waals surface area contributed by atoms with E-state index in [-0.39, 0.29) is 17.4 Å². The minimum absolute atomic E-state index is 0.162. The zero-order chi connectivity index (χ0) is 12.0. The zero-order valence-corrected chi connectivity index (χ0v) is 10.2. The van der Waals surface area contributed by atoms with E-state index < -0.39 is 4.92 Å². The molecule has 1 heterocycles. The average Bonchev–Trinajstić information content (AvgIpc) is 2.23. The van der Waals surface area contributed by atoms with Crippen molar-refractivity contribution in [2.24, 2.45) is 0 Å². The number of methoxy groups -OCH3 is 1. The molecule has 1 rings (SSSR count). The van der Waals surface area contributed by atoms with Gasteiger partial charge in [-0.05, 0) is 15.9 Å². The number of nitrogens with two attached hydrogens (primary N) is 1. The fourth-order valence-electron chi connectivity index (χ4n) is 0.765. The highest BCUT2D eigenvalue weighted by Gasteiger charge is 2.16. The van der Waals surface area contributed by atoms with E-state index in [1.165, 1.54) is 13.2 Å². The largest absolute Gasteiger partial charge is 0.480 e. The molecule has 0 radical (unpaired) electrons. The van der Waals surface area contributed by atoms with Crippen LogP contribution in [0.3, 0.4) is 0 Å². The molecule has 0 saturated heterocycles. The van der Waals surface area contributed by atoms with Crippen LogP contribution in [0.4, 0.5) is 11.5 Å². The Morgan fingerprint density at radius 3 is 2.53 bits per heavy atom. The number of aromatic nitrogens is 1. The van der Waals surface area contributed by atoms with Crippen molar-refractivity contribution < 1.29 is 9.66 Å². The van der Waals surface area contributed by atoms with Crippen LogP contribution in [-0.4, -0.2) is 17.0 Å². The van der Waals surface area contributed by atoms with E-state index >= 15 is 0 Å². The smallest absolute Gasteiger partial charge is 0.312 e. The highest BCUT2D eigenvalue weighted by molar-refractivity contribution is 9.10. The number of ether oxygens (including phenoxy) is 1. The SMILES string of the molecule is CC.COc1nc(N)c([N+](=O)[O-])cc1Br. The monoisotopic (exact) mass is 277 g/mol. The minimum Gasteiger partial charge on any atom is -0.480 e. The second kappa shape index (κ2) is 6.18. The molecule has 0 aliphatic heterocycles. The topological polar surface area (TPSA) is 91.3 Å². The summed E-state index contributed by atoms with van der Waals surface area (Å²) in [5.74, 6) is 0.0631. The van der Waals surface area contributed by atoms with Crippen LogP contribution >= 0.6 is 15.9 Å². The van der Waals surface area contributed by atoms with Gasteiger partial charge in [-0.2, -0.15) is 4.98 Å². The first-order valence-electron chi connectivity index (χ1n) is 4.20. The number of nitro groups is 1. The molecule has 84 valence electrons. The van der Waals surface area contributed by atoms with Crippen molar-refractivity contribution in [1.82, 2.24) is 4.98 Å². The molecule has 0 aromatic carbocycles. The Bertz CT molecular complexity index is 357. The molecule has 15 heavy (non-hydrogen) atoms. The molecule has 0 bridgehead atoms. The van der Waals surface area contributed by atoms with Gasteiger partial charge in [-0.25, -0.2) is 0 Å². The summed E-state index contributed by atoms with van der Waals surface area (Å²) in [4.78, 5) is 13.5. The van der Waals surface area contributed by atoms with Crippen LogP contribution in [0.15, 0.2) is 10.5 Å². The fraction of sp³-hybridized carbons (Fsp3) is 0.375. The van der Waals surface area contributed by atoms with Crippen molar-refractivity contribution in [2.75, 3.05) is 12.8 Å². The van der Waals surface area contributed by atoms with E-state index in [2.05, 4.69) is 20.9 Å². The quantitative estimate of drug-likeness (QED) is 0.662. The molecule has 0 aliphatic rings. The zero-order valence-electron chi connectivity index (χ0n) is 8.65. The van der Waals surface area contributed by atoms with Crippen molar-refractivity contribution in [1.29, 1.82) is 0 Å². The molecule has 0 fully saturated rings. The van der Waals surface area contributed by atoms with Crippen LogP contribution in [-0.2, 0) is 0 Å². The number of rotatable bonds is 2. The first kappa shape index (κ1) is 13.6. The van der Waals surface area contributed by atoms with Crippen LogP contribution < -0.4 is 10.5 Å². The van der Waals surface area contributed by atoms with Crippen molar-refractivity contribution in [3.63, 3.8) is 0 Å². The predicted molar refractivity (Wildman–Crippen MR) is 60.9 cm³/mol. The highest BCUT2D eigenvalue weighted by Crippen LogP contribution is 2.30. The maximum atomic E-state index is 10.4. The Kier molecular flexibility index (Phi) is 5.61. The van der Waals surface area contributed by atoms with Crippen LogP contribution in [0.1, 0.15) is 13.8 Å². The summed E-state index contributed by atoms with van der Waals surface area (Å²) in [5.41, 5.74) is 5.07. The average molecular weight is 278 g/mol. The summed E-state index contributed by atoms with van der Waals surface area (Å²) in [7, 11) is 1.40. The molecular formula is C8H12BrN3O3. The first-order chi connectivity index (χ1) is 7.06. The fourth-order valence-corrected chi connectivity index (χ4v) is 1.23. The Labute approximate surface area is 95.7 Å². The third-order valence-corrected chi connectivity index (χ3v) is 1.91. The van der Waals surface area contributed by atoms with Gasteiger partial charge in [0.25, 0.3) is 0 Å². The Hall–Kier alpha value is -1.37. The van der Waals surface area contributed by atoms with Gasteiger partial charge >= 0.3 is 5.69 Å². The molecule has 1 aromatic rings. The highest BCUT2D eigenvalue weighted by atomic mass is 79.9. The summed E-state index contributed by atoms with van der Waals surface area (Å²) < 4.78 is 5.20. The normalized spacial score (nSPS) is 8.80. The first-order valence-corrected chi connectivity index (χ1v) is 5.00. The van der Waals surface area contributed by atoms with Gasteiger partial charge in [0.15, 0.2) is 0 Å². The molecular weight excluding hydrogens is 266 g/mol. The Balaban J connectivity index is 0.000000921. The predicted octanol–water partition coefficient (Wildman–Crippen LogP) is 2.37. The van der Waals surface area contributed by atoms with E-state index in [0.29, 0.717) is 4.47 Å². The van der Waals surface area contributed by atoms with Crippen LogP contribution in [0, 0.1) is 10.1 Å². The summed E-state index contributed by atoms with van der Waals surface area (Å²) in [6, 6.07) is 1.25. The van der Waals surface area contributed by atoms with Gasteiger partial charge < -0.3 is 10.5 Å². The minimum atomic E-state index is -0.605. The van der Waals surface area contributed by atoms with Gasteiger partial charge in [0.1, 0.15) is 0 Å². The number of hydrogen-bond donors (Lipinski definition) is 1. The Morgan fingerprint density at radius 2 is 2.13 bits per heavy atom. The summed E-state index contributed by atoms with van der Waals surface area (Å²) >= 11 is 3.06. The number of nitrogens with zero attached hydrogens (tertiary/aromatic N) is 2. The lowest BCUT2D eigenvalue weighted by atomic mass is 10.4. The molecule has 0 atom stereocenters. The van der Waals surface area contributed by atoms with Gasteiger partial charge in [-0.3, -0.25) is 10.1 Å². The van der Waals surface area contributed by atoms with E-state index in [0.717, 1.165) is 0 Å². The van der Waals surface area contributed by atoms with E-state index in [9.17, 15) is 10.1 Å². The van der Waals surface area contributed by atoms with Gasteiger partial charge in [0, 0.05) is 6.07 Å². The number of nitrogen functional groups attached to an aromatic ring is 1. The van der Waals surface area contributed by atoms with Gasteiger partial charge in [-0.15, -0.1) is 0 Å². The lowest BCUT2D eigenvalue weighted by molar-refractivity contribution is -0.384. The number of halogens is 1. The molecule has 0 spiro atoms. The molecule has 0 amide bonds. The van der Waals surface area contributed by atoms with E-state index in [1.807, 2.05) is 13.8 Å². The molecule has 0 saturated carbocycles. The second-order valence-electron chi connectivity index (χ2n) is 2.14. The second-order valence-corrected chi connectivity index (χ2v) is 3.00. The third-order valence-electron chi connectivity index (χ3n) is 1.34. The number of hydrogen-bond acceptors (Lipinski definition) is 5. The standard InChI is InChI=1S/C6H6BrN3O3.C2H6/c1-13-6-3(7)2-4(10(11)12)5(8)9-6;1-2/h2H,1H3,(H2,8,9);1-2H3. The molecule has 0 aliphatic carbocycles. The molecule has 0 unspecified atom stereocenters. The van der Waals surface area contributed by atoms with Gasteiger partial charge in [0.05, 0.1) is 16.5 Å². The van der Waals surface area contributed by atoms with Crippen LogP contribution in [0.25, 0.3) is 0 Å². The van der Waals surface area contributed by atoms with Gasteiger partial charge in [0.2, 0.25) is 11.7 Å². The maximum absolute atomic E-state index is 10.4. The Morgan fingerprint density at radius 1 is 1.60 bits per heavy atom. The van der Waals surface area contributed by atoms with Crippen molar-refractivity contribution in [2.45, 2.75) is 13.8 Å². The third kappa shape index (κ3) is 3.35. The lowest BCUT2D eigenvalue weighted by Gasteiger charge is -2.02. The van der Waals surface area contributed by atoms with Crippen LogP contribution in [0.5, 0.6) is 5.88 Å². The molecule has 2 N–H and O–H groups in total. The van der Waals surface area contributed by atoms with Crippen molar-refractivity contribution >= 4 is 27.4 Å². The lowest BCUT2D eigenvalue weighted by Crippen LogP contribution is -2.00. The summed E-state index contributed by atoms with van der Waals surface area (Å²) in [5, 5.41) is 10.4. The summed E-state index contributed by atoms with van der Waals surface area (Å²) in [6.45, 7) is 4.00.